The Hall–Kier alpha value is -1.69. The van der Waals surface area contributed by atoms with Gasteiger partial charge in [-0.05, 0) is 19.3 Å². The summed E-state index contributed by atoms with van der Waals surface area (Å²) in [6.45, 7) is 6.85. The maximum absolute atomic E-state index is 12.5. The highest BCUT2D eigenvalue weighted by atomic mass is 32.1. The molecule has 2 rings (SSSR count). The smallest absolute Gasteiger partial charge is 0.339 e. The third kappa shape index (κ3) is 2.90. The summed E-state index contributed by atoms with van der Waals surface area (Å²) in [6.07, 6.45) is 2.45. The highest BCUT2D eigenvalue weighted by Crippen LogP contribution is 2.21. The van der Waals surface area contributed by atoms with E-state index in [9.17, 15) is 9.59 Å². The molecule has 0 aromatic carbocycles. The molecule has 0 unspecified atom stereocenters. The average Bonchev–Trinajstić information content (AvgIpc) is 2.83. The molecule has 0 aliphatic rings. The minimum Gasteiger partial charge on any atom is -0.462 e. The van der Waals surface area contributed by atoms with Gasteiger partial charge < -0.3 is 4.74 Å². The normalized spacial score (nSPS) is 11.2. The molecular weight excluding hydrogens is 276 g/mol. The number of carbonyl (C=O) groups is 1. The van der Waals surface area contributed by atoms with Crippen molar-refractivity contribution in [1.82, 2.24) is 9.55 Å². The zero-order chi connectivity index (χ0) is 14.7. The van der Waals surface area contributed by atoms with E-state index in [1.807, 2.05) is 0 Å². The first kappa shape index (κ1) is 14.7. The van der Waals surface area contributed by atoms with Gasteiger partial charge in [0.05, 0.1) is 23.9 Å². The van der Waals surface area contributed by atoms with Crippen LogP contribution in [0.3, 0.4) is 0 Å². The molecule has 0 fully saturated rings. The maximum Gasteiger partial charge on any atom is 0.339 e. The van der Waals surface area contributed by atoms with Gasteiger partial charge >= 0.3 is 5.97 Å². The van der Waals surface area contributed by atoms with Gasteiger partial charge in [0, 0.05) is 11.9 Å². The summed E-state index contributed by atoms with van der Waals surface area (Å²) >= 11 is 1.29. The van der Waals surface area contributed by atoms with E-state index in [4.69, 9.17) is 4.74 Å². The lowest BCUT2D eigenvalue weighted by Gasteiger charge is -2.07. The molecule has 2 aromatic rings. The van der Waals surface area contributed by atoms with Crippen LogP contribution in [-0.2, 0) is 11.3 Å². The summed E-state index contributed by atoms with van der Waals surface area (Å²) in [5.74, 6) is 0.0452. The molecule has 0 aliphatic heterocycles. The standard InChI is InChI=1S/C14H18N2O3S/c1-4-19-14(18)10-7-20-12-11(10)13(17)16(8-15-12)6-5-9(2)3/h7-9H,4-6H2,1-3H3. The van der Waals surface area contributed by atoms with Crippen molar-refractivity contribution in [3.05, 3.63) is 27.6 Å². The number of fused-ring (bicyclic) bond motifs is 1. The van der Waals surface area contributed by atoms with Crippen molar-refractivity contribution in [2.75, 3.05) is 6.61 Å². The lowest BCUT2D eigenvalue weighted by Crippen LogP contribution is -2.22. The van der Waals surface area contributed by atoms with Gasteiger partial charge in [0.2, 0.25) is 0 Å². The zero-order valence-corrected chi connectivity index (χ0v) is 12.7. The Balaban J connectivity index is 2.45. The van der Waals surface area contributed by atoms with Crippen LogP contribution in [0.5, 0.6) is 0 Å². The monoisotopic (exact) mass is 294 g/mol. The molecule has 0 bridgehead atoms. The van der Waals surface area contributed by atoms with E-state index >= 15 is 0 Å². The van der Waals surface area contributed by atoms with Crippen molar-refractivity contribution in [2.45, 2.75) is 33.7 Å². The van der Waals surface area contributed by atoms with Crippen molar-refractivity contribution in [1.29, 1.82) is 0 Å². The van der Waals surface area contributed by atoms with E-state index < -0.39 is 5.97 Å². The second-order valence-corrected chi connectivity index (χ2v) is 5.83. The van der Waals surface area contributed by atoms with Gasteiger partial charge in [-0.25, -0.2) is 9.78 Å². The number of aryl methyl sites for hydroxylation is 1. The van der Waals surface area contributed by atoms with Crippen LogP contribution < -0.4 is 5.56 Å². The molecule has 6 heteroatoms. The van der Waals surface area contributed by atoms with Crippen molar-refractivity contribution in [2.24, 2.45) is 5.92 Å². The first-order valence-corrected chi connectivity index (χ1v) is 7.56. The molecule has 0 N–H and O–H groups in total. The topological polar surface area (TPSA) is 61.2 Å². The van der Waals surface area contributed by atoms with Crippen LogP contribution in [0.25, 0.3) is 10.2 Å². The predicted molar refractivity (Wildman–Crippen MR) is 79.3 cm³/mol. The Morgan fingerprint density at radius 1 is 1.50 bits per heavy atom. The van der Waals surface area contributed by atoms with Crippen LogP contribution in [-0.4, -0.2) is 22.1 Å². The third-order valence-electron chi connectivity index (χ3n) is 3.00. The molecule has 108 valence electrons. The number of hydrogen-bond acceptors (Lipinski definition) is 5. The first-order valence-electron chi connectivity index (χ1n) is 6.68. The first-order chi connectivity index (χ1) is 9.54. The Kier molecular flexibility index (Phi) is 4.54. The van der Waals surface area contributed by atoms with Gasteiger partial charge in [0.1, 0.15) is 4.83 Å². The number of thiophene rings is 1. The quantitative estimate of drug-likeness (QED) is 0.795. The molecular formula is C14H18N2O3S. The fourth-order valence-corrected chi connectivity index (χ4v) is 2.75. The minimum atomic E-state index is -0.459. The number of aromatic nitrogens is 2. The fourth-order valence-electron chi connectivity index (χ4n) is 1.88. The predicted octanol–water partition coefficient (Wildman–Crippen LogP) is 2.68. The van der Waals surface area contributed by atoms with Crippen LogP contribution >= 0.6 is 11.3 Å². The van der Waals surface area contributed by atoms with E-state index in [1.165, 1.54) is 11.3 Å². The molecule has 0 radical (unpaired) electrons. The Bertz CT molecular complexity index is 673. The van der Waals surface area contributed by atoms with Crippen molar-refractivity contribution in [3.8, 4) is 0 Å². The molecule has 2 heterocycles. The summed E-state index contributed by atoms with van der Waals surface area (Å²) in [6, 6.07) is 0. The number of carbonyl (C=O) groups excluding carboxylic acids is 1. The van der Waals surface area contributed by atoms with Gasteiger partial charge in [-0.3, -0.25) is 9.36 Å². The zero-order valence-electron chi connectivity index (χ0n) is 11.9. The summed E-state index contributed by atoms with van der Waals surface area (Å²) in [7, 11) is 0. The Morgan fingerprint density at radius 3 is 2.90 bits per heavy atom. The number of ether oxygens (including phenoxy) is 1. The molecule has 20 heavy (non-hydrogen) atoms. The molecule has 5 nitrogen and oxygen atoms in total. The highest BCUT2D eigenvalue weighted by molar-refractivity contribution is 7.17. The summed E-state index contributed by atoms with van der Waals surface area (Å²) < 4.78 is 6.55. The second kappa shape index (κ2) is 6.17. The maximum atomic E-state index is 12.5. The van der Waals surface area contributed by atoms with Crippen LogP contribution in [0.2, 0.25) is 0 Å². The lowest BCUT2D eigenvalue weighted by molar-refractivity contribution is 0.0529. The highest BCUT2D eigenvalue weighted by Gasteiger charge is 2.18. The molecule has 0 atom stereocenters. The number of rotatable bonds is 5. The summed E-state index contributed by atoms with van der Waals surface area (Å²) in [4.78, 5) is 29.2. The van der Waals surface area contributed by atoms with E-state index in [-0.39, 0.29) is 12.2 Å². The van der Waals surface area contributed by atoms with Crippen molar-refractivity contribution in [3.63, 3.8) is 0 Å². The SMILES string of the molecule is CCOC(=O)c1csc2ncn(CCC(C)C)c(=O)c12. The number of esters is 1. The van der Waals surface area contributed by atoms with Crippen LogP contribution in [0.15, 0.2) is 16.5 Å². The van der Waals surface area contributed by atoms with E-state index in [0.29, 0.717) is 28.2 Å². The molecule has 0 spiro atoms. The van der Waals surface area contributed by atoms with E-state index in [1.54, 1.807) is 23.2 Å². The van der Waals surface area contributed by atoms with E-state index in [0.717, 1.165) is 6.42 Å². The molecule has 2 aromatic heterocycles. The molecule has 0 saturated heterocycles. The molecule has 0 aliphatic carbocycles. The largest absolute Gasteiger partial charge is 0.462 e. The fraction of sp³-hybridized carbons (Fsp3) is 0.500. The van der Waals surface area contributed by atoms with Gasteiger partial charge in [-0.15, -0.1) is 11.3 Å². The average molecular weight is 294 g/mol. The van der Waals surface area contributed by atoms with Crippen LogP contribution in [0.1, 0.15) is 37.6 Å². The lowest BCUT2D eigenvalue weighted by atomic mass is 10.1. The Morgan fingerprint density at radius 2 is 2.25 bits per heavy atom. The summed E-state index contributed by atoms with van der Waals surface area (Å²) in [5, 5.41) is 2.02. The van der Waals surface area contributed by atoms with E-state index in [2.05, 4.69) is 18.8 Å². The molecule has 0 saturated carbocycles. The number of nitrogens with zero attached hydrogens (tertiary/aromatic N) is 2. The van der Waals surface area contributed by atoms with Crippen molar-refractivity contribution >= 4 is 27.5 Å². The van der Waals surface area contributed by atoms with Gasteiger partial charge in [-0.1, -0.05) is 13.8 Å². The van der Waals surface area contributed by atoms with Crippen molar-refractivity contribution < 1.29 is 9.53 Å². The number of hydrogen-bond donors (Lipinski definition) is 0. The van der Waals surface area contributed by atoms with Gasteiger partial charge in [0.15, 0.2) is 0 Å². The van der Waals surface area contributed by atoms with Gasteiger partial charge in [0.25, 0.3) is 5.56 Å². The van der Waals surface area contributed by atoms with Crippen LogP contribution in [0.4, 0.5) is 0 Å². The molecule has 0 amide bonds. The third-order valence-corrected chi connectivity index (χ3v) is 3.89. The second-order valence-electron chi connectivity index (χ2n) is 4.98. The minimum absolute atomic E-state index is 0.167. The summed E-state index contributed by atoms with van der Waals surface area (Å²) in [5.41, 5.74) is 0.156. The van der Waals surface area contributed by atoms with Crippen LogP contribution in [0, 0.1) is 5.92 Å². The van der Waals surface area contributed by atoms with Gasteiger partial charge in [-0.2, -0.15) is 0 Å². The Labute approximate surface area is 121 Å².